The molecule has 0 rings (SSSR count). The summed E-state index contributed by atoms with van der Waals surface area (Å²) in [5.74, 6) is -149. The zero-order valence-corrected chi connectivity index (χ0v) is 24.8. The first-order chi connectivity index (χ1) is 23.8. The van der Waals surface area contributed by atoms with Crippen molar-refractivity contribution in [1.29, 1.82) is 0 Å². The Hall–Kier alpha value is -2.80. The molecule has 342 valence electrons. The molecule has 0 aromatic carbocycles. The van der Waals surface area contributed by atoms with Gasteiger partial charge in [-0.05, 0) is 0 Å². The van der Waals surface area contributed by atoms with Crippen molar-refractivity contribution >= 4 is 16.4 Å². The number of aldehydes is 1. The number of alkyl halides is 34. The van der Waals surface area contributed by atoms with E-state index in [2.05, 4.69) is 0 Å². The quantitative estimate of drug-likeness (QED) is 0.0896. The molecule has 0 bridgehead atoms. The summed E-state index contributed by atoms with van der Waals surface area (Å²) in [5, 5.41) is -7.61. The highest BCUT2D eigenvalue weighted by molar-refractivity contribution is 7.87. The molecule has 1 N–H and O–H groups in total. The smallest absolute Gasteiger partial charge is 0.298 e. The molecule has 0 aliphatic heterocycles. The zero-order chi connectivity index (χ0) is 47.7. The molecule has 0 aliphatic rings. The molecular weight excluding hydrogens is 958 g/mol. The lowest BCUT2D eigenvalue weighted by molar-refractivity contribution is -0.491. The average Bonchev–Trinajstić information content (AvgIpc) is 2.97. The Morgan fingerprint density at radius 2 is 0.386 bits per heavy atom. The van der Waals surface area contributed by atoms with Gasteiger partial charge in [-0.2, -0.15) is 153 Å². The van der Waals surface area contributed by atoms with Crippen LogP contribution in [0.15, 0.2) is 0 Å². The van der Waals surface area contributed by atoms with Crippen LogP contribution in [0.25, 0.3) is 0 Å². The van der Waals surface area contributed by atoms with Crippen molar-refractivity contribution < 1.29 is 167 Å². The van der Waals surface area contributed by atoms with Gasteiger partial charge < -0.3 is 0 Å². The van der Waals surface area contributed by atoms with Crippen LogP contribution in [0.2, 0.25) is 0 Å². The fraction of sp³-hybridized carbons (Fsp3) is 0.944. The number of rotatable bonds is 17. The molecule has 0 saturated carbocycles. The summed E-state index contributed by atoms with van der Waals surface area (Å²) >= 11 is 0. The third kappa shape index (κ3) is 5.94. The molecule has 0 radical (unpaired) electrons. The summed E-state index contributed by atoms with van der Waals surface area (Å²) in [6.07, 6.45) is -11.5. The summed E-state index contributed by atoms with van der Waals surface area (Å²) < 4.78 is 489. The van der Waals surface area contributed by atoms with Crippen molar-refractivity contribution in [2.45, 2.75) is 100 Å². The van der Waals surface area contributed by atoms with Crippen LogP contribution in [0.4, 0.5) is 149 Å². The third-order valence-corrected chi connectivity index (χ3v) is 7.94. The second-order valence-electron chi connectivity index (χ2n) is 10.4. The van der Waals surface area contributed by atoms with Crippen LogP contribution in [0.5, 0.6) is 0 Å². The third-order valence-electron chi connectivity index (χ3n) is 6.83. The Kier molecular flexibility index (Phi) is 12.2. The Labute approximate surface area is 284 Å². The minimum Gasteiger partial charge on any atom is -0.298 e. The number of hydrogen-bond donors (Lipinski definition) is 1. The van der Waals surface area contributed by atoms with E-state index in [-0.39, 0.29) is 0 Å². The number of carbonyl (C=O) groups is 1. The van der Waals surface area contributed by atoms with Crippen LogP contribution < -0.4 is 0 Å². The molecule has 0 heterocycles. The van der Waals surface area contributed by atoms with E-state index in [0.29, 0.717) is 0 Å². The SMILES string of the molecule is O=CC(F)(C(F)(F)C(F)(F)C(F)(F)C(F)(F)C(F)(F)C(F)(F)C(F)(F)C(F)(F)C(F)(F)C(F)(F)C(F)(F)C(F)(F)C(F)(F)C(F)(F)C(F)(F)C(F)(F)F)S(=O)(=O)O. The number of carbonyl (C=O) groups excluding carboxylic acids is 1. The lowest BCUT2D eigenvalue weighted by Crippen LogP contribution is -2.80. The maximum absolute atomic E-state index is 13.9. The Morgan fingerprint density at radius 3 is 0.491 bits per heavy atom. The first-order valence-corrected chi connectivity index (χ1v) is 13.1. The van der Waals surface area contributed by atoms with Crippen LogP contribution in [0.3, 0.4) is 0 Å². The van der Waals surface area contributed by atoms with Gasteiger partial charge in [0.2, 0.25) is 0 Å². The van der Waals surface area contributed by atoms with Gasteiger partial charge in [-0.25, -0.2) is 4.39 Å². The fourth-order valence-corrected chi connectivity index (χ4v) is 3.83. The normalized spacial score (nSPS) is 18.1. The standard InChI is InChI=1S/C18H2F34O4S/c19-2(1-53,57(54,55)56)3(20,21)4(22,23)5(24,25)6(26,27)7(28,29)8(30,31)9(32,33)10(34,35)11(36,37)12(38,39)13(40,41)14(42,43)15(44,45)16(46,47)17(48,49)18(50,51)52/h1H,(H,54,55,56). The predicted molar refractivity (Wildman–Crippen MR) is 102 cm³/mol. The van der Waals surface area contributed by atoms with Crippen LogP contribution in [0, 0.1) is 0 Å². The van der Waals surface area contributed by atoms with Gasteiger partial charge in [0.1, 0.15) is 0 Å². The fourth-order valence-electron chi connectivity index (χ4n) is 3.25. The van der Waals surface area contributed by atoms with Crippen molar-refractivity contribution in [2.75, 3.05) is 0 Å². The molecular formula is C18H2F34O4S. The zero-order valence-electron chi connectivity index (χ0n) is 24.0. The second kappa shape index (κ2) is 12.9. The van der Waals surface area contributed by atoms with Crippen LogP contribution in [0.1, 0.15) is 0 Å². The molecule has 0 spiro atoms. The van der Waals surface area contributed by atoms with Gasteiger partial charge in [0, 0.05) is 0 Å². The molecule has 4 nitrogen and oxygen atoms in total. The molecule has 0 aromatic heterocycles. The maximum atomic E-state index is 13.9. The Morgan fingerprint density at radius 1 is 0.263 bits per heavy atom. The van der Waals surface area contributed by atoms with E-state index < -0.39 is 116 Å². The Bertz CT molecular complexity index is 1640. The summed E-state index contributed by atoms with van der Waals surface area (Å²) in [6.45, 7) is 0. The Balaban J connectivity index is 7.93. The number of halogens is 34. The molecule has 0 saturated heterocycles. The molecule has 0 aliphatic carbocycles. The van der Waals surface area contributed by atoms with Crippen LogP contribution >= 0.6 is 0 Å². The van der Waals surface area contributed by atoms with Crippen LogP contribution in [-0.4, -0.2) is 119 Å². The molecule has 39 heteroatoms. The molecule has 1 atom stereocenters. The topological polar surface area (TPSA) is 71.4 Å². The van der Waals surface area contributed by atoms with Crippen LogP contribution in [-0.2, 0) is 14.9 Å². The monoisotopic (exact) mass is 960 g/mol. The van der Waals surface area contributed by atoms with E-state index in [4.69, 9.17) is 4.55 Å². The van der Waals surface area contributed by atoms with E-state index in [0.717, 1.165) is 0 Å². The van der Waals surface area contributed by atoms with Gasteiger partial charge in [0.15, 0.2) is 6.29 Å². The minimum atomic E-state index is -10.4. The van der Waals surface area contributed by atoms with Gasteiger partial charge in [-0.3, -0.25) is 9.35 Å². The van der Waals surface area contributed by atoms with Gasteiger partial charge in [0.05, 0.1) is 0 Å². The van der Waals surface area contributed by atoms with Gasteiger partial charge in [-0.15, -0.1) is 0 Å². The van der Waals surface area contributed by atoms with E-state index in [1.807, 2.05) is 0 Å². The van der Waals surface area contributed by atoms with Crippen molar-refractivity contribution in [3.63, 3.8) is 0 Å². The average molecular weight is 960 g/mol. The van der Waals surface area contributed by atoms with E-state index in [1.165, 1.54) is 0 Å². The van der Waals surface area contributed by atoms with Crippen molar-refractivity contribution in [3.8, 4) is 0 Å². The largest absolute Gasteiger partial charge is 0.460 e. The predicted octanol–water partition coefficient (Wildman–Crippen LogP) is 9.83. The molecule has 0 fully saturated rings. The number of hydrogen-bond acceptors (Lipinski definition) is 3. The highest BCUT2D eigenvalue weighted by Gasteiger charge is 3.02. The minimum absolute atomic E-state index is 3.04. The van der Waals surface area contributed by atoms with E-state index >= 15 is 0 Å². The van der Waals surface area contributed by atoms with E-state index in [1.54, 1.807) is 0 Å². The van der Waals surface area contributed by atoms with Crippen molar-refractivity contribution in [3.05, 3.63) is 0 Å². The lowest BCUT2D eigenvalue weighted by Gasteiger charge is -2.47. The first kappa shape index (κ1) is 54.2. The highest BCUT2D eigenvalue weighted by Crippen LogP contribution is 2.70. The maximum Gasteiger partial charge on any atom is 0.460 e. The summed E-state index contributed by atoms with van der Waals surface area (Å²) in [5.41, 5.74) is 0. The van der Waals surface area contributed by atoms with Crippen molar-refractivity contribution in [1.82, 2.24) is 0 Å². The highest BCUT2D eigenvalue weighted by atomic mass is 32.2. The lowest BCUT2D eigenvalue weighted by atomic mass is 9.82. The van der Waals surface area contributed by atoms with Gasteiger partial charge >= 0.3 is 110 Å². The van der Waals surface area contributed by atoms with Gasteiger partial charge in [-0.1, -0.05) is 0 Å². The molecule has 57 heavy (non-hydrogen) atoms. The van der Waals surface area contributed by atoms with Crippen molar-refractivity contribution in [2.24, 2.45) is 0 Å². The summed E-state index contributed by atoms with van der Waals surface area (Å²) in [4.78, 5) is 10.2. The molecule has 0 aromatic rings. The molecule has 0 amide bonds. The second-order valence-corrected chi connectivity index (χ2v) is 11.9. The first-order valence-electron chi connectivity index (χ1n) is 11.7. The van der Waals surface area contributed by atoms with E-state index in [9.17, 15) is 162 Å². The summed E-state index contributed by atoms with van der Waals surface area (Å²) in [7, 11) is -8.19. The molecule has 1 unspecified atom stereocenters. The summed E-state index contributed by atoms with van der Waals surface area (Å²) in [6, 6.07) is 0. The van der Waals surface area contributed by atoms with Gasteiger partial charge in [0.25, 0.3) is 0 Å².